The maximum atomic E-state index is 7.34. The molecule has 0 unspecified atom stereocenters. The van der Waals surface area contributed by atoms with Gasteiger partial charge in [0.05, 0.1) is 0 Å². The van der Waals surface area contributed by atoms with Gasteiger partial charge >= 0.3 is 8.32 Å². The Balaban J connectivity index is 2.32. The summed E-state index contributed by atoms with van der Waals surface area (Å²) in [6.07, 6.45) is 2.85. The van der Waals surface area contributed by atoms with Gasteiger partial charge in [-0.25, -0.2) is 0 Å². The highest BCUT2D eigenvalue weighted by molar-refractivity contribution is 6.97. The van der Waals surface area contributed by atoms with Crippen LogP contribution in [0.2, 0.25) is 6.55 Å². The molecule has 1 nitrogen and oxygen atoms in total. The maximum absolute atomic E-state index is 7.34. The van der Waals surface area contributed by atoms with Gasteiger partial charge in [-0.2, -0.15) is 0 Å². The van der Waals surface area contributed by atoms with Crippen LogP contribution in [0.5, 0.6) is 5.75 Å². The Morgan fingerprint density at radius 2 is 1.16 bits per heavy atom. The standard InChI is InChI=1S/C30H38OSi/c1-9-16-23-21-26(29(2,3)4)28(27(22-23)30(5,6)7)31-32(8,24-17-12-10-13-18-24)25-19-14-11-15-20-25/h9-15,17-22H,1,16H2,2-8H3. The second kappa shape index (κ2) is 9.11. The van der Waals surface area contributed by atoms with Gasteiger partial charge in [0.25, 0.3) is 0 Å². The van der Waals surface area contributed by atoms with Crippen LogP contribution in [-0.2, 0) is 17.3 Å². The molecule has 0 aliphatic heterocycles. The van der Waals surface area contributed by atoms with Gasteiger partial charge in [0.15, 0.2) is 0 Å². The SMILES string of the molecule is C=CCc1cc(C(C)(C)C)c(O[Si](C)(c2ccccc2)c2ccccc2)c(C(C)(C)C)c1. The summed E-state index contributed by atoms with van der Waals surface area (Å²) in [5.74, 6) is 1.06. The Hall–Kier alpha value is -2.58. The average molecular weight is 443 g/mol. The van der Waals surface area contributed by atoms with Crippen molar-refractivity contribution in [1.29, 1.82) is 0 Å². The van der Waals surface area contributed by atoms with Crippen molar-refractivity contribution in [3.8, 4) is 5.75 Å². The summed E-state index contributed by atoms with van der Waals surface area (Å²) in [6, 6.07) is 26.2. The van der Waals surface area contributed by atoms with Gasteiger partial charge in [0, 0.05) is 0 Å². The van der Waals surface area contributed by atoms with Gasteiger partial charge in [-0.05, 0) is 50.9 Å². The normalized spacial score (nSPS) is 12.5. The molecule has 2 heteroatoms. The fraction of sp³-hybridized carbons (Fsp3) is 0.333. The van der Waals surface area contributed by atoms with E-state index in [1.807, 2.05) is 6.08 Å². The smallest absolute Gasteiger partial charge is 0.311 e. The summed E-state index contributed by atoms with van der Waals surface area (Å²) in [6.45, 7) is 20.0. The number of hydrogen-bond acceptors (Lipinski definition) is 1. The third kappa shape index (κ3) is 5.07. The summed E-state index contributed by atoms with van der Waals surface area (Å²) in [5.41, 5.74) is 3.74. The first-order chi connectivity index (χ1) is 15.0. The second-order valence-corrected chi connectivity index (χ2v) is 14.3. The lowest BCUT2D eigenvalue weighted by Crippen LogP contribution is -2.61. The molecule has 3 rings (SSSR count). The molecule has 168 valence electrons. The van der Waals surface area contributed by atoms with Crippen molar-refractivity contribution >= 4 is 18.7 Å². The van der Waals surface area contributed by atoms with Crippen LogP contribution in [0.3, 0.4) is 0 Å². The third-order valence-corrected chi connectivity index (χ3v) is 9.58. The van der Waals surface area contributed by atoms with Crippen molar-refractivity contribution in [3.05, 3.63) is 102 Å². The summed E-state index contributed by atoms with van der Waals surface area (Å²) < 4.78 is 7.34. The van der Waals surface area contributed by atoms with E-state index in [0.29, 0.717) is 0 Å². The molecule has 32 heavy (non-hydrogen) atoms. The number of allylic oxidation sites excluding steroid dienone is 1. The lowest BCUT2D eigenvalue weighted by molar-refractivity contribution is 0.482. The van der Waals surface area contributed by atoms with E-state index in [2.05, 4.69) is 127 Å². The Labute approximate surface area is 196 Å². The highest BCUT2D eigenvalue weighted by atomic mass is 28.4. The molecule has 0 aliphatic carbocycles. The predicted molar refractivity (Wildman–Crippen MR) is 142 cm³/mol. The van der Waals surface area contributed by atoms with Crippen LogP contribution in [0, 0.1) is 0 Å². The van der Waals surface area contributed by atoms with Crippen LogP contribution >= 0.6 is 0 Å². The highest BCUT2D eigenvalue weighted by Crippen LogP contribution is 2.42. The molecule has 0 amide bonds. The van der Waals surface area contributed by atoms with Crippen LogP contribution in [0.15, 0.2) is 85.5 Å². The van der Waals surface area contributed by atoms with E-state index in [1.54, 1.807) is 0 Å². The Bertz CT molecular complexity index is 979. The first-order valence-corrected chi connectivity index (χ1v) is 14.0. The first-order valence-electron chi connectivity index (χ1n) is 11.6. The summed E-state index contributed by atoms with van der Waals surface area (Å²) in [4.78, 5) is 0. The number of benzene rings is 3. The van der Waals surface area contributed by atoms with Gasteiger partial charge in [-0.15, -0.1) is 6.58 Å². The van der Waals surface area contributed by atoms with Crippen LogP contribution in [0.1, 0.15) is 58.2 Å². The van der Waals surface area contributed by atoms with E-state index in [9.17, 15) is 0 Å². The van der Waals surface area contributed by atoms with Crippen LogP contribution in [0.4, 0.5) is 0 Å². The van der Waals surface area contributed by atoms with Crippen molar-refractivity contribution in [2.75, 3.05) is 0 Å². The fourth-order valence-corrected chi connectivity index (χ4v) is 7.05. The lowest BCUT2D eigenvalue weighted by atomic mass is 9.78. The Kier molecular flexibility index (Phi) is 6.85. The molecule has 0 spiro atoms. The molecule has 0 fully saturated rings. The van der Waals surface area contributed by atoms with Crippen molar-refractivity contribution in [3.63, 3.8) is 0 Å². The summed E-state index contributed by atoms with van der Waals surface area (Å²) >= 11 is 0. The van der Waals surface area contributed by atoms with Crippen LogP contribution in [0.25, 0.3) is 0 Å². The quantitative estimate of drug-likeness (QED) is 0.302. The minimum absolute atomic E-state index is 0.0464. The molecule has 0 N–H and O–H groups in total. The lowest BCUT2D eigenvalue weighted by Gasteiger charge is -2.37. The van der Waals surface area contributed by atoms with Crippen molar-refractivity contribution in [2.45, 2.75) is 65.3 Å². The molecule has 0 radical (unpaired) electrons. The fourth-order valence-electron chi connectivity index (χ4n) is 4.20. The molecule has 3 aromatic carbocycles. The number of rotatable bonds is 6. The predicted octanol–water partition coefficient (Wildman–Crippen LogP) is 6.78. The minimum Gasteiger partial charge on any atom is -0.534 e. The molecule has 0 saturated heterocycles. The summed E-state index contributed by atoms with van der Waals surface area (Å²) in [7, 11) is -2.52. The average Bonchev–Trinajstić information content (AvgIpc) is 2.74. The van der Waals surface area contributed by atoms with E-state index in [4.69, 9.17) is 4.43 Å². The molecular weight excluding hydrogens is 404 g/mol. The van der Waals surface area contributed by atoms with Crippen molar-refractivity contribution in [1.82, 2.24) is 0 Å². The highest BCUT2D eigenvalue weighted by Gasteiger charge is 2.39. The van der Waals surface area contributed by atoms with Gasteiger partial charge in [0.1, 0.15) is 5.75 Å². The third-order valence-electron chi connectivity index (χ3n) is 6.10. The minimum atomic E-state index is -2.52. The van der Waals surface area contributed by atoms with Crippen molar-refractivity contribution in [2.24, 2.45) is 0 Å². The molecular formula is C30H38OSi. The molecule has 0 saturated carbocycles. The van der Waals surface area contributed by atoms with E-state index < -0.39 is 8.32 Å². The van der Waals surface area contributed by atoms with Gasteiger partial charge in [-0.1, -0.05) is 120 Å². The zero-order valence-electron chi connectivity index (χ0n) is 20.8. The van der Waals surface area contributed by atoms with Gasteiger partial charge < -0.3 is 4.43 Å². The number of hydrogen-bond donors (Lipinski definition) is 0. The monoisotopic (exact) mass is 442 g/mol. The second-order valence-electron chi connectivity index (χ2n) is 10.9. The molecule has 0 atom stereocenters. The topological polar surface area (TPSA) is 9.23 Å². The zero-order chi connectivity index (χ0) is 23.6. The Morgan fingerprint density at radius 3 is 1.50 bits per heavy atom. The largest absolute Gasteiger partial charge is 0.534 e. The summed E-state index contributed by atoms with van der Waals surface area (Å²) in [5, 5.41) is 2.56. The van der Waals surface area contributed by atoms with Gasteiger partial charge in [-0.3, -0.25) is 0 Å². The van der Waals surface area contributed by atoms with E-state index in [1.165, 1.54) is 27.1 Å². The molecule has 0 aliphatic rings. The molecule has 3 aromatic rings. The van der Waals surface area contributed by atoms with E-state index >= 15 is 0 Å². The maximum Gasteiger partial charge on any atom is 0.311 e. The zero-order valence-corrected chi connectivity index (χ0v) is 21.8. The van der Waals surface area contributed by atoms with E-state index in [0.717, 1.165) is 12.2 Å². The first kappa shape index (κ1) is 24.1. The van der Waals surface area contributed by atoms with Crippen LogP contribution < -0.4 is 14.8 Å². The Morgan fingerprint density at radius 1 is 0.750 bits per heavy atom. The molecule has 0 heterocycles. The molecule has 0 bridgehead atoms. The van der Waals surface area contributed by atoms with E-state index in [-0.39, 0.29) is 10.8 Å². The van der Waals surface area contributed by atoms with Crippen LogP contribution in [-0.4, -0.2) is 8.32 Å². The van der Waals surface area contributed by atoms with Crippen molar-refractivity contribution < 1.29 is 4.43 Å². The van der Waals surface area contributed by atoms with Gasteiger partial charge in [0.2, 0.25) is 0 Å². The molecule has 0 aromatic heterocycles.